The lowest BCUT2D eigenvalue weighted by atomic mass is 10.1. The Morgan fingerprint density at radius 1 is 1.18 bits per heavy atom. The van der Waals surface area contributed by atoms with E-state index in [1.807, 2.05) is 4.57 Å². The molecule has 1 atom stereocenters. The zero-order chi connectivity index (χ0) is 15.9. The quantitative estimate of drug-likeness (QED) is 0.386. The second-order valence-electron chi connectivity index (χ2n) is 6.85. The zero-order valence-electron chi connectivity index (χ0n) is 14.0. The highest BCUT2D eigenvalue weighted by Crippen LogP contribution is 2.11. The van der Waals surface area contributed by atoms with E-state index in [0.717, 1.165) is 15.6 Å². The van der Waals surface area contributed by atoms with Gasteiger partial charge >= 0.3 is 5.69 Å². The van der Waals surface area contributed by atoms with E-state index in [4.69, 9.17) is 0 Å². The first-order valence-electron chi connectivity index (χ1n) is 7.03. The molecule has 2 aromatic rings. The number of imidazole rings is 1. The predicted molar refractivity (Wildman–Crippen MR) is 82.3 cm³/mol. The Hall–Kier alpha value is -1.16. The third-order valence-corrected chi connectivity index (χ3v) is 3.58. The van der Waals surface area contributed by atoms with Crippen LogP contribution in [-0.2, 0) is 20.6 Å². The first-order chi connectivity index (χ1) is 9.61. The van der Waals surface area contributed by atoms with E-state index in [1.54, 1.807) is 13.4 Å². The Balaban J connectivity index is 0.00000242. The van der Waals surface area contributed by atoms with Crippen molar-refractivity contribution < 1.29 is 28.5 Å². The normalized spacial score (nSPS) is 13.2. The lowest BCUT2D eigenvalue weighted by molar-refractivity contribution is -0.873. The first kappa shape index (κ1) is 18.9. The van der Waals surface area contributed by atoms with Crippen molar-refractivity contribution in [1.29, 1.82) is 0 Å². The van der Waals surface area contributed by atoms with Crippen LogP contribution < -0.4 is 35.2 Å². The molecule has 2 heterocycles. The van der Waals surface area contributed by atoms with Crippen molar-refractivity contribution in [3.05, 3.63) is 27.2 Å². The van der Waals surface area contributed by atoms with Gasteiger partial charge in [-0.15, -0.1) is 0 Å². The van der Waals surface area contributed by atoms with Crippen LogP contribution in [0.2, 0.25) is 0 Å². The largest absolute Gasteiger partial charge is 1.00 e. The summed E-state index contributed by atoms with van der Waals surface area (Å²) in [5.74, 6) is 0.393. The lowest BCUT2D eigenvalue weighted by Crippen LogP contribution is -3.00. The van der Waals surface area contributed by atoms with E-state index in [-0.39, 0.29) is 35.2 Å². The second kappa shape index (κ2) is 6.53. The molecule has 7 nitrogen and oxygen atoms in total. The van der Waals surface area contributed by atoms with Gasteiger partial charge in [0.2, 0.25) is 0 Å². The van der Waals surface area contributed by atoms with Crippen LogP contribution in [0.4, 0.5) is 0 Å². The summed E-state index contributed by atoms with van der Waals surface area (Å²) in [4.78, 5) is 28.5. The molecule has 0 amide bonds. The SMILES string of the molecule is CC(Cn1cnc2c1c(=O)n(C)c(=O)n2C)C[N+](C)(C)C.[I-]. The van der Waals surface area contributed by atoms with Crippen LogP contribution in [-0.4, -0.2) is 50.9 Å². The van der Waals surface area contributed by atoms with Gasteiger partial charge < -0.3 is 33.0 Å². The molecule has 0 N–H and O–H groups in total. The van der Waals surface area contributed by atoms with Crippen molar-refractivity contribution in [3.63, 3.8) is 0 Å². The van der Waals surface area contributed by atoms with Gasteiger partial charge in [-0.05, 0) is 0 Å². The van der Waals surface area contributed by atoms with Gasteiger partial charge in [-0.25, -0.2) is 9.78 Å². The van der Waals surface area contributed by atoms with E-state index >= 15 is 0 Å². The molecule has 8 heteroatoms. The van der Waals surface area contributed by atoms with Crippen LogP contribution in [0.3, 0.4) is 0 Å². The van der Waals surface area contributed by atoms with Crippen LogP contribution in [0.1, 0.15) is 6.92 Å². The summed E-state index contributed by atoms with van der Waals surface area (Å²) < 4.78 is 5.27. The highest BCUT2D eigenvalue weighted by atomic mass is 127. The fraction of sp³-hybridized carbons (Fsp3) is 0.643. The van der Waals surface area contributed by atoms with Crippen LogP contribution in [0.15, 0.2) is 15.9 Å². The molecule has 0 aromatic carbocycles. The zero-order valence-corrected chi connectivity index (χ0v) is 16.2. The molecular weight excluding hydrogens is 397 g/mol. The Bertz CT molecular complexity index is 781. The molecule has 0 spiro atoms. The van der Waals surface area contributed by atoms with Crippen LogP contribution in [0.25, 0.3) is 11.2 Å². The van der Waals surface area contributed by atoms with Gasteiger partial charge in [-0.3, -0.25) is 13.9 Å². The molecule has 0 saturated carbocycles. The molecule has 0 fully saturated rings. The maximum Gasteiger partial charge on any atom is 0.332 e. The number of hydrogen-bond donors (Lipinski definition) is 0. The van der Waals surface area contributed by atoms with Crippen molar-refractivity contribution in [3.8, 4) is 0 Å². The maximum atomic E-state index is 12.3. The molecule has 1 unspecified atom stereocenters. The van der Waals surface area contributed by atoms with E-state index in [1.165, 1.54) is 11.6 Å². The molecule has 22 heavy (non-hydrogen) atoms. The number of nitrogens with zero attached hydrogens (tertiary/aromatic N) is 5. The van der Waals surface area contributed by atoms with E-state index in [0.29, 0.717) is 23.6 Å². The summed E-state index contributed by atoms with van der Waals surface area (Å²) in [5.41, 5.74) is 0.300. The number of fused-ring (bicyclic) bond motifs is 1. The number of halogens is 1. The molecule has 0 saturated heterocycles. The molecule has 0 radical (unpaired) electrons. The molecular formula is C14H24IN5O2. The number of aromatic nitrogens is 4. The van der Waals surface area contributed by atoms with Crippen LogP contribution >= 0.6 is 0 Å². The molecule has 0 aliphatic carbocycles. The summed E-state index contributed by atoms with van der Waals surface area (Å²) in [7, 11) is 9.57. The van der Waals surface area contributed by atoms with E-state index < -0.39 is 0 Å². The molecule has 2 rings (SSSR count). The topological polar surface area (TPSA) is 61.8 Å². The number of hydrogen-bond acceptors (Lipinski definition) is 3. The summed E-state index contributed by atoms with van der Waals surface area (Å²) in [6, 6.07) is 0. The van der Waals surface area contributed by atoms with Crippen LogP contribution in [0, 0.1) is 5.92 Å². The van der Waals surface area contributed by atoms with Gasteiger partial charge in [0.05, 0.1) is 34.0 Å². The summed E-state index contributed by atoms with van der Waals surface area (Å²) in [5, 5.41) is 0. The van der Waals surface area contributed by atoms with Gasteiger partial charge in [0.1, 0.15) is 0 Å². The van der Waals surface area contributed by atoms with Crippen molar-refractivity contribution in [2.45, 2.75) is 13.5 Å². The van der Waals surface area contributed by atoms with E-state index in [9.17, 15) is 9.59 Å². The summed E-state index contributed by atoms with van der Waals surface area (Å²) in [6.45, 7) is 3.85. The van der Waals surface area contributed by atoms with Crippen LogP contribution in [0.5, 0.6) is 0 Å². The number of rotatable bonds is 4. The monoisotopic (exact) mass is 421 g/mol. The average molecular weight is 421 g/mol. The molecule has 0 bridgehead atoms. The van der Waals surface area contributed by atoms with Crippen molar-refractivity contribution in [1.82, 2.24) is 18.7 Å². The van der Waals surface area contributed by atoms with Gasteiger partial charge in [0, 0.05) is 26.6 Å². The third kappa shape index (κ3) is 3.60. The fourth-order valence-corrected chi connectivity index (χ4v) is 2.86. The van der Waals surface area contributed by atoms with E-state index in [2.05, 4.69) is 33.1 Å². The minimum atomic E-state index is -0.350. The first-order valence-corrected chi connectivity index (χ1v) is 7.03. The Morgan fingerprint density at radius 2 is 1.77 bits per heavy atom. The Morgan fingerprint density at radius 3 is 2.32 bits per heavy atom. The molecule has 2 aromatic heterocycles. The number of aryl methyl sites for hydroxylation is 1. The predicted octanol–water partition coefficient (Wildman–Crippen LogP) is -3.22. The highest BCUT2D eigenvalue weighted by Gasteiger charge is 2.18. The maximum absolute atomic E-state index is 12.3. The van der Waals surface area contributed by atoms with Gasteiger partial charge in [-0.2, -0.15) is 0 Å². The van der Waals surface area contributed by atoms with Crippen molar-refractivity contribution >= 4 is 11.2 Å². The number of quaternary nitrogens is 1. The molecule has 0 aliphatic heterocycles. The lowest BCUT2D eigenvalue weighted by Gasteiger charge is -2.27. The van der Waals surface area contributed by atoms with Gasteiger partial charge in [0.25, 0.3) is 5.56 Å². The minimum Gasteiger partial charge on any atom is -1.00 e. The Labute approximate surface area is 146 Å². The average Bonchev–Trinajstić information content (AvgIpc) is 2.75. The summed E-state index contributed by atoms with van der Waals surface area (Å²) in [6.07, 6.45) is 1.65. The fourth-order valence-electron chi connectivity index (χ4n) is 2.86. The highest BCUT2D eigenvalue weighted by molar-refractivity contribution is 5.69. The standard InChI is InChI=1S/C14H24N5O2.HI/c1-10(8-19(4,5)6)7-18-9-15-12-11(18)13(20)17(3)14(21)16(12)2;/h9-10H,7-8H2,1-6H3;1H/q+1;/p-1. The van der Waals surface area contributed by atoms with Gasteiger partial charge in [-0.1, -0.05) is 6.92 Å². The van der Waals surface area contributed by atoms with Gasteiger partial charge in [0.15, 0.2) is 11.2 Å². The molecule has 0 aliphatic rings. The van der Waals surface area contributed by atoms with Crippen molar-refractivity contribution in [2.75, 3.05) is 27.7 Å². The smallest absolute Gasteiger partial charge is 0.332 e. The third-order valence-electron chi connectivity index (χ3n) is 3.58. The summed E-state index contributed by atoms with van der Waals surface area (Å²) >= 11 is 0. The minimum absolute atomic E-state index is 0. The Kier molecular flexibility index (Phi) is 5.61. The van der Waals surface area contributed by atoms with Crippen molar-refractivity contribution in [2.24, 2.45) is 20.0 Å². The molecule has 124 valence electrons. The second-order valence-corrected chi connectivity index (χ2v) is 6.85.